The number of benzene rings is 1. The smallest absolute Gasteiger partial charge is 0.407 e. The Morgan fingerprint density at radius 3 is 2.68 bits per heavy atom. The number of carbonyl (C=O) groups excluding carboxylic acids is 2. The standard InChI is InChI=1S/C17H21FN4O3/c1-11(2)15(21-17(24)25-3)16(23)20-9-12-4-5-14(13(18)8-12)22-7-6-19-10-22/h4-8,10-11,15H,9H2,1-3H3,(H,20,23)(H,21,24). The quantitative estimate of drug-likeness (QED) is 0.836. The molecular weight excluding hydrogens is 327 g/mol. The summed E-state index contributed by atoms with van der Waals surface area (Å²) in [4.78, 5) is 27.5. The molecule has 1 unspecified atom stereocenters. The van der Waals surface area contributed by atoms with E-state index in [0.29, 0.717) is 11.3 Å². The maximum absolute atomic E-state index is 14.2. The van der Waals surface area contributed by atoms with E-state index < -0.39 is 18.0 Å². The molecule has 0 saturated heterocycles. The number of ether oxygens (including phenoxy) is 1. The van der Waals surface area contributed by atoms with Gasteiger partial charge in [0.25, 0.3) is 0 Å². The number of hydrogen-bond donors (Lipinski definition) is 2. The van der Waals surface area contributed by atoms with E-state index in [4.69, 9.17) is 0 Å². The van der Waals surface area contributed by atoms with E-state index in [9.17, 15) is 14.0 Å². The Balaban J connectivity index is 2.01. The summed E-state index contributed by atoms with van der Waals surface area (Å²) in [6, 6.07) is 3.96. The van der Waals surface area contributed by atoms with Gasteiger partial charge in [0, 0.05) is 18.9 Å². The maximum atomic E-state index is 14.2. The summed E-state index contributed by atoms with van der Waals surface area (Å²) in [7, 11) is 1.23. The van der Waals surface area contributed by atoms with Gasteiger partial charge in [-0.2, -0.15) is 0 Å². The highest BCUT2D eigenvalue weighted by Crippen LogP contribution is 2.15. The van der Waals surface area contributed by atoms with Crippen molar-refractivity contribution in [1.82, 2.24) is 20.2 Å². The first-order valence-corrected chi connectivity index (χ1v) is 7.81. The van der Waals surface area contributed by atoms with E-state index in [1.54, 1.807) is 42.9 Å². The van der Waals surface area contributed by atoms with E-state index in [0.717, 1.165) is 0 Å². The Morgan fingerprint density at radius 1 is 1.36 bits per heavy atom. The van der Waals surface area contributed by atoms with Gasteiger partial charge in [0.05, 0.1) is 19.1 Å². The minimum absolute atomic E-state index is 0.126. The van der Waals surface area contributed by atoms with E-state index in [2.05, 4.69) is 20.4 Å². The van der Waals surface area contributed by atoms with Crippen molar-refractivity contribution < 1.29 is 18.7 Å². The second kappa shape index (κ2) is 8.27. The van der Waals surface area contributed by atoms with Crippen LogP contribution in [0.15, 0.2) is 36.9 Å². The zero-order valence-electron chi connectivity index (χ0n) is 14.3. The van der Waals surface area contributed by atoms with Gasteiger partial charge in [-0.05, 0) is 23.6 Å². The summed E-state index contributed by atoms with van der Waals surface area (Å²) in [6.45, 7) is 3.76. The van der Waals surface area contributed by atoms with Gasteiger partial charge in [-0.25, -0.2) is 14.2 Å². The van der Waals surface area contributed by atoms with Crippen LogP contribution >= 0.6 is 0 Å². The molecule has 0 radical (unpaired) electrons. The van der Waals surface area contributed by atoms with Crippen molar-refractivity contribution in [2.75, 3.05) is 7.11 Å². The van der Waals surface area contributed by atoms with Crippen LogP contribution in [0.4, 0.5) is 9.18 Å². The predicted molar refractivity (Wildman–Crippen MR) is 89.5 cm³/mol. The van der Waals surface area contributed by atoms with Gasteiger partial charge < -0.3 is 19.9 Å². The number of halogens is 1. The molecule has 0 saturated carbocycles. The van der Waals surface area contributed by atoms with Crippen molar-refractivity contribution in [3.63, 3.8) is 0 Å². The summed E-state index contributed by atoms with van der Waals surface area (Å²) >= 11 is 0. The second-order valence-corrected chi connectivity index (χ2v) is 5.83. The van der Waals surface area contributed by atoms with Crippen LogP contribution in [0.25, 0.3) is 5.69 Å². The van der Waals surface area contributed by atoms with Crippen LogP contribution in [0.5, 0.6) is 0 Å². The van der Waals surface area contributed by atoms with Crippen molar-refractivity contribution in [3.8, 4) is 5.69 Å². The first kappa shape index (κ1) is 18.4. The fraction of sp³-hybridized carbons (Fsp3) is 0.353. The van der Waals surface area contributed by atoms with E-state index >= 15 is 0 Å². The zero-order chi connectivity index (χ0) is 18.4. The average molecular weight is 348 g/mol. The molecule has 1 aromatic heterocycles. The summed E-state index contributed by atoms with van der Waals surface area (Å²) in [5.41, 5.74) is 0.982. The van der Waals surface area contributed by atoms with Gasteiger partial charge in [0.1, 0.15) is 11.9 Å². The Morgan fingerprint density at radius 2 is 2.12 bits per heavy atom. The summed E-state index contributed by atoms with van der Waals surface area (Å²) in [5.74, 6) is -0.906. The Bertz CT molecular complexity index is 731. The number of methoxy groups -OCH3 is 1. The number of aromatic nitrogens is 2. The molecule has 2 aromatic rings. The molecule has 1 aromatic carbocycles. The number of nitrogens with zero attached hydrogens (tertiary/aromatic N) is 2. The van der Waals surface area contributed by atoms with Crippen LogP contribution in [0, 0.1) is 11.7 Å². The zero-order valence-corrected chi connectivity index (χ0v) is 14.3. The third-order valence-corrected chi connectivity index (χ3v) is 3.67. The molecular formula is C17H21FN4O3. The molecule has 0 aliphatic carbocycles. The number of amides is 2. The molecule has 0 fully saturated rings. The molecule has 25 heavy (non-hydrogen) atoms. The van der Waals surface area contributed by atoms with Crippen molar-refractivity contribution in [2.45, 2.75) is 26.4 Å². The van der Waals surface area contributed by atoms with Gasteiger partial charge in [-0.1, -0.05) is 19.9 Å². The molecule has 0 aliphatic heterocycles. The SMILES string of the molecule is COC(=O)NC(C(=O)NCc1ccc(-n2ccnc2)c(F)c1)C(C)C. The molecule has 8 heteroatoms. The van der Waals surface area contributed by atoms with Gasteiger partial charge in [-0.3, -0.25) is 4.79 Å². The van der Waals surface area contributed by atoms with Crippen LogP contribution in [-0.2, 0) is 16.1 Å². The van der Waals surface area contributed by atoms with Crippen LogP contribution in [0.3, 0.4) is 0 Å². The lowest BCUT2D eigenvalue weighted by atomic mass is 10.0. The van der Waals surface area contributed by atoms with E-state index in [1.807, 2.05) is 0 Å². The fourth-order valence-corrected chi connectivity index (χ4v) is 2.29. The first-order valence-electron chi connectivity index (χ1n) is 7.81. The topological polar surface area (TPSA) is 85.2 Å². The third kappa shape index (κ3) is 4.79. The van der Waals surface area contributed by atoms with Gasteiger partial charge in [0.2, 0.25) is 5.91 Å². The number of imidazole rings is 1. The molecule has 0 spiro atoms. The molecule has 7 nitrogen and oxygen atoms in total. The number of carbonyl (C=O) groups is 2. The molecule has 2 amide bonds. The molecule has 1 atom stereocenters. The van der Waals surface area contributed by atoms with Crippen LogP contribution in [-0.4, -0.2) is 34.7 Å². The van der Waals surface area contributed by atoms with Gasteiger partial charge in [-0.15, -0.1) is 0 Å². The van der Waals surface area contributed by atoms with E-state index in [-0.39, 0.29) is 18.4 Å². The molecule has 0 bridgehead atoms. The number of nitrogens with one attached hydrogen (secondary N) is 2. The molecule has 134 valence electrons. The second-order valence-electron chi connectivity index (χ2n) is 5.83. The number of rotatable bonds is 6. The lowest BCUT2D eigenvalue weighted by Gasteiger charge is -2.21. The van der Waals surface area contributed by atoms with Crippen LogP contribution < -0.4 is 10.6 Å². The van der Waals surface area contributed by atoms with Gasteiger partial charge >= 0.3 is 6.09 Å². The number of hydrogen-bond acceptors (Lipinski definition) is 4. The van der Waals surface area contributed by atoms with Crippen molar-refractivity contribution >= 4 is 12.0 Å². The van der Waals surface area contributed by atoms with Crippen LogP contribution in [0.2, 0.25) is 0 Å². The van der Waals surface area contributed by atoms with Crippen molar-refractivity contribution in [2.24, 2.45) is 5.92 Å². The van der Waals surface area contributed by atoms with Crippen LogP contribution in [0.1, 0.15) is 19.4 Å². The van der Waals surface area contributed by atoms with E-state index in [1.165, 1.54) is 19.5 Å². The minimum atomic E-state index is -0.734. The molecule has 2 rings (SSSR count). The monoisotopic (exact) mass is 348 g/mol. The van der Waals surface area contributed by atoms with Gasteiger partial charge in [0.15, 0.2) is 0 Å². The summed E-state index contributed by atoms with van der Waals surface area (Å²) < 4.78 is 20.3. The average Bonchev–Trinajstić information content (AvgIpc) is 3.11. The summed E-state index contributed by atoms with van der Waals surface area (Å²) in [6.07, 6.45) is 4.04. The third-order valence-electron chi connectivity index (χ3n) is 3.67. The lowest BCUT2D eigenvalue weighted by molar-refractivity contribution is -0.124. The maximum Gasteiger partial charge on any atom is 0.407 e. The largest absolute Gasteiger partial charge is 0.453 e. The Kier molecular flexibility index (Phi) is 6.10. The Hall–Kier alpha value is -2.90. The molecule has 1 heterocycles. The van der Waals surface area contributed by atoms with Crippen molar-refractivity contribution in [3.05, 3.63) is 48.3 Å². The highest BCUT2D eigenvalue weighted by Gasteiger charge is 2.24. The van der Waals surface area contributed by atoms with Crippen molar-refractivity contribution in [1.29, 1.82) is 0 Å². The molecule has 2 N–H and O–H groups in total. The highest BCUT2D eigenvalue weighted by atomic mass is 19.1. The minimum Gasteiger partial charge on any atom is -0.453 e. The molecule has 0 aliphatic rings. The predicted octanol–water partition coefficient (Wildman–Crippen LogP) is 2.01. The Labute approximate surface area is 145 Å². The lowest BCUT2D eigenvalue weighted by Crippen LogP contribution is -2.49. The first-order chi connectivity index (χ1) is 11.9. The summed E-state index contributed by atoms with van der Waals surface area (Å²) in [5, 5.41) is 5.18. The number of alkyl carbamates (subject to hydrolysis) is 1. The fourth-order valence-electron chi connectivity index (χ4n) is 2.29. The normalized spacial score (nSPS) is 11.9. The highest BCUT2D eigenvalue weighted by molar-refractivity contribution is 5.85.